The predicted octanol–water partition coefficient (Wildman–Crippen LogP) is 2.63. The largest absolute Gasteiger partial charge is 0.495 e. The molecule has 7 heteroatoms. The molecule has 0 aliphatic carbocycles. The predicted molar refractivity (Wildman–Crippen MR) is 89.0 cm³/mol. The van der Waals surface area contributed by atoms with Gasteiger partial charge in [-0.05, 0) is 62.2 Å². The molecule has 0 radical (unpaired) electrons. The summed E-state index contributed by atoms with van der Waals surface area (Å²) in [5, 5.41) is 20.4. The fourth-order valence-corrected chi connectivity index (χ4v) is 2.21. The van der Waals surface area contributed by atoms with Crippen LogP contribution in [-0.2, 0) is 4.65 Å². The van der Waals surface area contributed by atoms with Crippen LogP contribution in [0.1, 0.15) is 41.0 Å². The zero-order valence-electron chi connectivity index (χ0n) is 13.6. The third-order valence-corrected chi connectivity index (χ3v) is 4.50. The average Bonchev–Trinajstić information content (AvgIpc) is 2.36. The van der Waals surface area contributed by atoms with Crippen LogP contribution in [0.4, 0.5) is 4.39 Å². The number of benzene rings is 1. The smallest absolute Gasteiger partial charge is 0.492 e. The highest BCUT2D eigenvalue weighted by molar-refractivity contribution is 9.10. The molecule has 0 aliphatic heterocycles. The Bertz CT molecular complexity index is 517. The lowest BCUT2D eigenvalue weighted by Crippen LogP contribution is -2.53. The lowest BCUT2D eigenvalue weighted by Gasteiger charge is -2.38. The van der Waals surface area contributed by atoms with Crippen LogP contribution >= 0.6 is 15.9 Å². The highest BCUT2D eigenvalue weighted by Crippen LogP contribution is 2.28. The minimum Gasteiger partial charge on any atom is -0.492 e. The van der Waals surface area contributed by atoms with Gasteiger partial charge in [0.05, 0.1) is 22.3 Å². The Balaban J connectivity index is 3.10. The Morgan fingerprint density at radius 1 is 1.27 bits per heavy atom. The summed E-state index contributed by atoms with van der Waals surface area (Å²) in [6.45, 7) is 8.81. The van der Waals surface area contributed by atoms with E-state index in [0.717, 1.165) is 6.42 Å². The molecule has 0 saturated heterocycles. The highest BCUT2D eigenvalue weighted by atomic mass is 79.9. The molecule has 124 valence electrons. The van der Waals surface area contributed by atoms with E-state index in [0.29, 0.717) is 16.8 Å². The van der Waals surface area contributed by atoms with Crippen LogP contribution in [0, 0.1) is 5.82 Å². The zero-order chi connectivity index (χ0) is 17.1. The monoisotopic (exact) mass is 376 g/mol. The molecule has 0 bridgehead atoms. The summed E-state index contributed by atoms with van der Waals surface area (Å²) >= 11 is 3.25. The molecule has 2 N–H and O–H groups in total. The van der Waals surface area contributed by atoms with Crippen molar-refractivity contribution in [3.8, 4) is 5.75 Å². The second-order valence-electron chi connectivity index (χ2n) is 6.16. The van der Waals surface area contributed by atoms with E-state index in [1.54, 1.807) is 27.7 Å². The molecular formula is C15H23BBrFO4. The second kappa shape index (κ2) is 7.30. The summed E-state index contributed by atoms with van der Waals surface area (Å²) < 4.78 is 25.4. The third-order valence-electron chi connectivity index (χ3n) is 3.68. The van der Waals surface area contributed by atoms with Gasteiger partial charge in [-0.1, -0.05) is 6.92 Å². The summed E-state index contributed by atoms with van der Waals surface area (Å²) in [4.78, 5) is 0. The molecule has 4 nitrogen and oxygen atoms in total. The molecule has 0 fully saturated rings. The van der Waals surface area contributed by atoms with E-state index in [4.69, 9.17) is 9.39 Å². The van der Waals surface area contributed by atoms with Crippen molar-refractivity contribution < 1.29 is 23.9 Å². The molecule has 22 heavy (non-hydrogen) atoms. The van der Waals surface area contributed by atoms with E-state index in [-0.39, 0.29) is 5.46 Å². The Morgan fingerprint density at radius 3 is 2.36 bits per heavy atom. The van der Waals surface area contributed by atoms with Gasteiger partial charge >= 0.3 is 7.12 Å². The van der Waals surface area contributed by atoms with E-state index < -0.39 is 24.1 Å². The lowest BCUT2D eigenvalue weighted by molar-refractivity contribution is -0.0983. The summed E-state index contributed by atoms with van der Waals surface area (Å²) in [6, 6.07) is 2.71. The first-order valence-electron chi connectivity index (χ1n) is 7.20. The van der Waals surface area contributed by atoms with Crippen molar-refractivity contribution in [1.82, 2.24) is 0 Å². The van der Waals surface area contributed by atoms with Crippen molar-refractivity contribution in [2.24, 2.45) is 0 Å². The molecule has 0 saturated carbocycles. The molecule has 0 aromatic heterocycles. The fraction of sp³-hybridized carbons (Fsp3) is 0.600. The average molecular weight is 377 g/mol. The fourth-order valence-electron chi connectivity index (χ4n) is 1.58. The molecule has 1 rings (SSSR count). The maximum atomic E-state index is 14.1. The highest BCUT2D eigenvalue weighted by Gasteiger charge is 2.41. The standard InChI is InChI=1S/C15H23BBrFO4/c1-6-9-21-11-8-7-10(18)12(13(11)17)16(20)22-15(4,5)14(2,3)19/h7-8,19-20H,6,9H2,1-5H3. The van der Waals surface area contributed by atoms with E-state index >= 15 is 0 Å². The number of aliphatic hydroxyl groups is 1. The summed E-state index contributed by atoms with van der Waals surface area (Å²) in [5.74, 6) is -0.184. The van der Waals surface area contributed by atoms with Gasteiger partial charge in [-0.15, -0.1) is 0 Å². The van der Waals surface area contributed by atoms with Crippen LogP contribution < -0.4 is 10.2 Å². The molecule has 0 unspecified atom stereocenters. The zero-order valence-corrected chi connectivity index (χ0v) is 15.2. The van der Waals surface area contributed by atoms with E-state index in [2.05, 4.69) is 15.9 Å². The van der Waals surface area contributed by atoms with Crippen LogP contribution in [-0.4, -0.2) is 35.1 Å². The summed E-state index contributed by atoms with van der Waals surface area (Å²) in [6.07, 6.45) is 0.809. The maximum Gasteiger partial charge on any atom is 0.495 e. The second-order valence-corrected chi connectivity index (χ2v) is 6.95. The number of rotatable bonds is 7. The van der Waals surface area contributed by atoms with E-state index in [1.165, 1.54) is 12.1 Å². The first-order valence-corrected chi connectivity index (χ1v) is 7.99. The normalized spacial score (nSPS) is 12.4. The van der Waals surface area contributed by atoms with Crippen molar-refractivity contribution >= 4 is 28.5 Å². The molecule has 0 atom stereocenters. The maximum absolute atomic E-state index is 14.1. The van der Waals surface area contributed by atoms with Gasteiger partial charge in [0, 0.05) is 5.46 Å². The van der Waals surface area contributed by atoms with E-state index in [9.17, 15) is 14.5 Å². The summed E-state index contributed by atoms with van der Waals surface area (Å²) in [5.41, 5.74) is -2.35. The van der Waals surface area contributed by atoms with Crippen LogP contribution in [0.5, 0.6) is 5.75 Å². The van der Waals surface area contributed by atoms with Gasteiger partial charge in [0.25, 0.3) is 0 Å². The first-order chi connectivity index (χ1) is 10.0. The van der Waals surface area contributed by atoms with Crippen LogP contribution in [0.3, 0.4) is 0 Å². The minimum atomic E-state index is -1.54. The quantitative estimate of drug-likeness (QED) is 0.718. The van der Waals surface area contributed by atoms with Gasteiger partial charge in [-0.2, -0.15) is 0 Å². The Kier molecular flexibility index (Phi) is 6.44. The number of ether oxygens (including phenoxy) is 1. The molecule has 0 heterocycles. The molecule has 0 amide bonds. The molecule has 1 aromatic rings. The van der Waals surface area contributed by atoms with Gasteiger partial charge < -0.3 is 19.5 Å². The van der Waals surface area contributed by atoms with Gasteiger partial charge in [-0.3, -0.25) is 0 Å². The number of hydrogen-bond acceptors (Lipinski definition) is 4. The Morgan fingerprint density at radius 2 is 1.86 bits per heavy atom. The topological polar surface area (TPSA) is 58.9 Å². The van der Waals surface area contributed by atoms with Gasteiger partial charge in [0.15, 0.2) is 0 Å². The third kappa shape index (κ3) is 4.44. The van der Waals surface area contributed by atoms with Gasteiger partial charge in [0.1, 0.15) is 11.6 Å². The molecule has 1 aromatic carbocycles. The van der Waals surface area contributed by atoms with Crippen molar-refractivity contribution in [2.75, 3.05) is 6.61 Å². The number of hydrogen-bond donors (Lipinski definition) is 2. The minimum absolute atomic E-state index is 0.0501. The Hall–Kier alpha value is -0.625. The van der Waals surface area contributed by atoms with Crippen LogP contribution in [0.2, 0.25) is 0 Å². The SMILES string of the molecule is CCCOc1ccc(F)c(B(O)OC(C)(C)C(C)(C)O)c1Br. The molecule has 0 aliphatic rings. The van der Waals surface area contributed by atoms with Crippen molar-refractivity contribution in [2.45, 2.75) is 52.2 Å². The number of halogens is 2. The first kappa shape index (κ1) is 19.4. The van der Waals surface area contributed by atoms with Crippen molar-refractivity contribution in [1.29, 1.82) is 0 Å². The van der Waals surface area contributed by atoms with E-state index in [1.807, 2.05) is 6.92 Å². The van der Waals surface area contributed by atoms with Crippen molar-refractivity contribution in [3.05, 3.63) is 22.4 Å². The van der Waals surface area contributed by atoms with Gasteiger partial charge in [0.2, 0.25) is 0 Å². The van der Waals surface area contributed by atoms with Crippen molar-refractivity contribution in [3.63, 3.8) is 0 Å². The van der Waals surface area contributed by atoms with Crippen LogP contribution in [0.15, 0.2) is 16.6 Å². The molecule has 0 spiro atoms. The lowest BCUT2D eigenvalue weighted by atomic mass is 9.76. The van der Waals surface area contributed by atoms with Crippen LogP contribution in [0.25, 0.3) is 0 Å². The van der Waals surface area contributed by atoms with Gasteiger partial charge in [-0.25, -0.2) is 4.39 Å². The Labute approximate surface area is 139 Å². The summed E-state index contributed by atoms with van der Waals surface area (Å²) in [7, 11) is -1.54. The molecular weight excluding hydrogens is 354 g/mol.